The summed E-state index contributed by atoms with van der Waals surface area (Å²) in [4.78, 5) is 20.6. The Morgan fingerprint density at radius 1 is 1.37 bits per heavy atom. The van der Waals surface area contributed by atoms with Gasteiger partial charge in [0.15, 0.2) is 5.82 Å². The third kappa shape index (κ3) is 3.20. The van der Waals surface area contributed by atoms with Crippen molar-refractivity contribution in [3.63, 3.8) is 0 Å². The topological polar surface area (TPSA) is 59.8 Å². The zero-order chi connectivity index (χ0) is 13.7. The smallest absolute Gasteiger partial charge is 0.293 e. The molecule has 5 nitrogen and oxygen atoms in total. The molecule has 19 heavy (non-hydrogen) atoms. The van der Waals surface area contributed by atoms with Crippen LogP contribution in [0.1, 0.15) is 37.7 Å². The molecule has 102 valence electrons. The van der Waals surface area contributed by atoms with Gasteiger partial charge in [0.25, 0.3) is 5.56 Å². The van der Waals surface area contributed by atoms with Gasteiger partial charge in [0.1, 0.15) is 5.01 Å². The summed E-state index contributed by atoms with van der Waals surface area (Å²) in [5.74, 6) is 0.401. The van der Waals surface area contributed by atoms with Crippen LogP contribution in [0.2, 0.25) is 0 Å². The molecule has 0 saturated carbocycles. The van der Waals surface area contributed by atoms with Crippen LogP contribution in [-0.4, -0.2) is 14.5 Å². The number of aryl methyl sites for hydroxylation is 1. The molecule has 0 aliphatic heterocycles. The van der Waals surface area contributed by atoms with Crippen molar-refractivity contribution in [2.75, 3.05) is 5.32 Å². The van der Waals surface area contributed by atoms with E-state index in [1.165, 1.54) is 0 Å². The van der Waals surface area contributed by atoms with Crippen LogP contribution in [0.4, 0.5) is 5.82 Å². The van der Waals surface area contributed by atoms with Gasteiger partial charge in [-0.15, -0.1) is 11.3 Å². The molecule has 2 aromatic heterocycles. The number of thiazole rings is 1. The molecule has 2 aromatic rings. The van der Waals surface area contributed by atoms with E-state index >= 15 is 0 Å². The molecule has 1 unspecified atom stereocenters. The minimum absolute atomic E-state index is 0.0395. The van der Waals surface area contributed by atoms with Gasteiger partial charge in [-0.2, -0.15) is 0 Å². The molecule has 2 rings (SSSR count). The van der Waals surface area contributed by atoms with Crippen molar-refractivity contribution < 1.29 is 0 Å². The van der Waals surface area contributed by atoms with Crippen LogP contribution in [0, 0.1) is 0 Å². The van der Waals surface area contributed by atoms with Crippen molar-refractivity contribution >= 4 is 17.2 Å². The fraction of sp³-hybridized carbons (Fsp3) is 0.462. The zero-order valence-electron chi connectivity index (χ0n) is 11.2. The SMILES string of the molecule is CCCn1ccnc(NC(CC)c2nccs2)c1=O. The van der Waals surface area contributed by atoms with E-state index in [1.807, 2.05) is 12.3 Å². The quantitative estimate of drug-likeness (QED) is 0.882. The lowest BCUT2D eigenvalue weighted by molar-refractivity contribution is 0.644. The van der Waals surface area contributed by atoms with E-state index in [9.17, 15) is 4.79 Å². The molecule has 1 N–H and O–H groups in total. The Bertz CT molecular complexity index is 564. The first-order chi connectivity index (χ1) is 9.26. The largest absolute Gasteiger partial charge is 0.356 e. The summed E-state index contributed by atoms with van der Waals surface area (Å²) in [5.41, 5.74) is -0.0700. The summed E-state index contributed by atoms with van der Waals surface area (Å²) in [7, 11) is 0. The van der Waals surface area contributed by atoms with Crippen molar-refractivity contribution in [2.45, 2.75) is 39.3 Å². The Hall–Kier alpha value is -1.69. The molecule has 0 spiro atoms. The highest BCUT2D eigenvalue weighted by Crippen LogP contribution is 2.21. The molecule has 0 radical (unpaired) electrons. The molecule has 0 amide bonds. The number of nitrogens with one attached hydrogen (secondary N) is 1. The fourth-order valence-corrected chi connectivity index (χ4v) is 2.65. The summed E-state index contributed by atoms with van der Waals surface area (Å²) in [6.45, 7) is 4.82. The van der Waals surface area contributed by atoms with E-state index in [0.717, 1.165) is 17.8 Å². The van der Waals surface area contributed by atoms with E-state index in [-0.39, 0.29) is 11.6 Å². The molecular formula is C13H18N4OS. The Kier molecular flexibility index (Phi) is 4.68. The summed E-state index contributed by atoms with van der Waals surface area (Å²) < 4.78 is 1.68. The average molecular weight is 278 g/mol. The molecule has 0 aromatic carbocycles. The number of hydrogen-bond acceptors (Lipinski definition) is 5. The number of nitrogens with zero attached hydrogens (tertiary/aromatic N) is 3. The summed E-state index contributed by atoms with van der Waals surface area (Å²) >= 11 is 1.58. The predicted molar refractivity (Wildman–Crippen MR) is 77.6 cm³/mol. The van der Waals surface area contributed by atoms with E-state index in [1.54, 1.807) is 34.5 Å². The molecule has 0 aliphatic carbocycles. The number of anilines is 1. The van der Waals surface area contributed by atoms with E-state index in [0.29, 0.717) is 12.4 Å². The van der Waals surface area contributed by atoms with E-state index < -0.39 is 0 Å². The van der Waals surface area contributed by atoms with Crippen molar-refractivity contribution in [3.05, 3.63) is 39.3 Å². The van der Waals surface area contributed by atoms with Crippen LogP contribution in [0.5, 0.6) is 0 Å². The molecule has 0 saturated heterocycles. The summed E-state index contributed by atoms with van der Waals surface area (Å²) in [6.07, 6.45) is 6.94. The first-order valence-corrected chi connectivity index (χ1v) is 7.35. The van der Waals surface area contributed by atoms with Crippen LogP contribution in [0.25, 0.3) is 0 Å². The lowest BCUT2D eigenvalue weighted by atomic mass is 10.2. The molecular weight excluding hydrogens is 260 g/mol. The lowest BCUT2D eigenvalue weighted by Crippen LogP contribution is -2.25. The van der Waals surface area contributed by atoms with E-state index in [2.05, 4.69) is 22.2 Å². The van der Waals surface area contributed by atoms with Crippen LogP contribution in [-0.2, 0) is 6.54 Å². The van der Waals surface area contributed by atoms with Gasteiger partial charge < -0.3 is 9.88 Å². The molecule has 1 atom stereocenters. The van der Waals surface area contributed by atoms with Gasteiger partial charge in [-0.25, -0.2) is 9.97 Å². The molecule has 0 fully saturated rings. The van der Waals surface area contributed by atoms with Crippen LogP contribution < -0.4 is 10.9 Å². The average Bonchev–Trinajstić information content (AvgIpc) is 2.94. The number of rotatable bonds is 6. The predicted octanol–water partition coefficient (Wildman–Crippen LogP) is 2.67. The first kappa shape index (κ1) is 13.7. The minimum Gasteiger partial charge on any atom is -0.356 e. The second-order valence-electron chi connectivity index (χ2n) is 4.25. The Morgan fingerprint density at radius 3 is 2.84 bits per heavy atom. The van der Waals surface area contributed by atoms with Gasteiger partial charge in [-0.1, -0.05) is 13.8 Å². The van der Waals surface area contributed by atoms with Crippen LogP contribution in [0.15, 0.2) is 28.8 Å². The zero-order valence-corrected chi connectivity index (χ0v) is 12.0. The highest BCUT2D eigenvalue weighted by atomic mass is 32.1. The molecule has 6 heteroatoms. The van der Waals surface area contributed by atoms with Gasteiger partial charge in [0.2, 0.25) is 0 Å². The van der Waals surface area contributed by atoms with Gasteiger partial charge in [-0.05, 0) is 12.8 Å². The van der Waals surface area contributed by atoms with Crippen molar-refractivity contribution in [2.24, 2.45) is 0 Å². The monoisotopic (exact) mass is 278 g/mol. The van der Waals surface area contributed by atoms with Crippen molar-refractivity contribution in [1.82, 2.24) is 14.5 Å². The second-order valence-corrected chi connectivity index (χ2v) is 5.18. The summed E-state index contributed by atoms with van der Waals surface area (Å²) in [5, 5.41) is 6.12. The normalized spacial score (nSPS) is 12.3. The Balaban J connectivity index is 2.23. The minimum atomic E-state index is -0.0700. The first-order valence-electron chi connectivity index (χ1n) is 6.47. The summed E-state index contributed by atoms with van der Waals surface area (Å²) in [6, 6.07) is 0.0395. The van der Waals surface area contributed by atoms with Crippen molar-refractivity contribution in [3.8, 4) is 0 Å². The Labute approximate surface area is 116 Å². The maximum Gasteiger partial charge on any atom is 0.293 e. The van der Waals surface area contributed by atoms with Gasteiger partial charge in [0, 0.05) is 30.5 Å². The fourth-order valence-electron chi connectivity index (χ4n) is 1.87. The standard InChI is InChI=1S/C13H18N4OS/c1-3-7-17-8-5-14-11(13(17)18)16-10(4-2)12-15-6-9-19-12/h5-6,8-10H,3-4,7H2,1-2H3,(H,14,16). The Morgan fingerprint density at radius 2 is 2.21 bits per heavy atom. The molecule has 0 aliphatic rings. The maximum absolute atomic E-state index is 12.2. The molecule has 0 bridgehead atoms. The van der Waals surface area contributed by atoms with E-state index in [4.69, 9.17) is 0 Å². The number of hydrogen-bond donors (Lipinski definition) is 1. The highest BCUT2D eigenvalue weighted by molar-refractivity contribution is 7.09. The van der Waals surface area contributed by atoms with Crippen LogP contribution >= 0.6 is 11.3 Å². The van der Waals surface area contributed by atoms with Gasteiger partial charge in [-0.3, -0.25) is 4.79 Å². The molecule has 2 heterocycles. The third-order valence-electron chi connectivity index (χ3n) is 2.85. The van der Waals surface area contributed by atoms with Crippen LogP contribution in [0.3, 0.4) is 0 Å². The van der Waals surface area contributed by atoms with Gasteiger partial charge in [0.05, 0.1) is 6.04 Å². The van der Waals surface area contributed by atoms with Crippen molar-refractivity contribution in [1.29, 1.82) is 0 Å². The van der Waals surface area contributed by atoms with Gasteiger partial charge >= 0.3 is 0 Å². The maximum atomic E-state index is 12.2. The highest BCUT2D eigenvalue weighted by Gasteiger charge is 2.14. The number of aromatic nitrogens is 3. The second kappa shape index (κ2) is 6.47. The lowest BCUT2D eigenvalue weighted by Gasteiger charge is -2.15. The third-order valence-corrected chi connectivity index (χ3v) is 3.74.